The average Bonchev–Trinajstić information content (AvgIpc) is 2.90. The molecule has 1 aliphatic rings. The third kappa shape index (κ3) is 3.34. The first kappa shape index (κ1) is 15.3. The summed E-state index contributed by atoms with van der Waals surface area (Å²) in [7, 11) is 0. The quantitative estimate of drug-likeness (QED) is 0.882. The molecule has 2 heterocycles. The van der Waals surface area contributed by atoms with E-state index >= 15 is 0 Å². The van der Waals surface area contributed by atoms with Crippen molar-refractivity contribution < 1.29 is 19.2 Å². The van der Waals surface area contributed by atoms with Crippen LogP contribution in [-0.4, -0.2) is 40.3 Å². The maximum Gasteiger partial charge on any atom is 0.317 e. The highest BCUT2D eigenvalue weighted by atomic mass is 16.5. The molecule has 0 bridgehead atoms. The lowest BCUT2D eigenvalue weighted by atomic mass is 9.78. The molecule has 1 aromatic rings. The summed E-state index contributed by atoms with van der Waals surface area (Å²) in [4.78, 5) is 25.2. The van der Waals surface area contributed by atoms with Gasteiger partial charge in [0.25, 0.3) is 0 Å². The number of nitrogens with one attached hydrogen (secondary N) is 1. The Morgan fingerprint density at radius 3 is 2.90 bits per heavy atom. The zero-order chi connectivity index (χ0) is 15.5. The van der Waals surface area contributed by atoms with E-state index in [4.69, 9.17) is 4.52 Å². The molecule has 0 spiro atoms. The molecule has 1 saturated heterocycles. The van der Waals surface area contributed by atoms with E-state index in [2.05, 4.69) is 10.5 Å². The SMILES string of the molecule is CCC1(C(=O)O)CCCN(C(=O)NCc2cc(C)on2)C1. The van der Waals surface area contributed by atoms with E-state index in [1.165, 1.54) is 0 Å². The van der Waals surface area contributed by atoms with Crippen molar-refractivity contribution in [2.45, 2.75) is 39.7 Å². The molecular formula is C14H21N3O4. The van der Waals surface area contributed by atoms with Crippen LogP contribution in [0.1, 0.15) is 37.6 Å². The van der Waals surface area contributed by atoms with E-state index in [9.17, 15) is 14.7 Å². The van der Waals surface area contributed by atoms with E-state index in [1.54, 1.807) is 17.9 Å². The summed E-state index contributed by atoms with van der Waals surface area (Å²) in [6.07, 6.45) is 1.84. The molecule has 2 N–H and O–H groups in total. The number of nitrogens with zero attached hydrogens (tertiary/aromatic N) is 2. The summed E-state index contributed by atoms with van der Waals surface area (Å²) < 4.78 is 4.93. The number of rotatable bonds is 4. The first-order valence-electron chi connectivity index (χ1n) is 7.15. The minimum atomic E-state index is -0.824. The van der Waals surface area contributed by atoms with Gasteiger partial charge in [0.05, 0.1) is 12.0 Å². The minimum absolute atomic E-state index is 0.252. The highest BCUT2D eigenvalue weighted by Crippen LogP contribution is 2.33. The van der Waals surface area contributed by atoms with Crippen LogP contribution in [0.25, 0.3) is 0 Å². The molecule has 1 aromatic heterocycles. The topological polar surface area (TPSA) is 95.7 Å². The van der Waals surface area contributed by atoms with E-state index in [0.29, 0.717) is 37.3 Å². The van der Waals surface area contributed by atoms with Gasteiger partial charge in [-0.2, -0.15) is 0 Å². The lowest BCUT2D eigenvalue weighted by Crippen LogP contribution is -2.52. The molecule has 116 valence electrons. The molecule has 1 atom stereocenters. The number of carboxylic acids is 1. The van der Waals surface area contributed by atoms with Crippen LogP contribution in [0.3, 0.4) is 0 Å². The van der Waals surface area contributed by atoms with Gasteiger partial charge in [0.15, 0.2) is 0 Å². The van der Waals surface area contributed by atoms with Crippen LogP contribution in [0.2, 0.25) is 0 Å². The van der Waals surface area contributed by atoms with Crippen LogP contribution < -0.4 is 5.32 Å². The smallest absolute Gasteiger partial charge is 0.317 e. The molecule has 21 heavy (non-hydrogen) atoms. The number of aliphatic carboxylic acids is 1. The van der Waals surface area contributed by atoms with Gasteiger partial charge in [-0.15, -0.1) is 0 Å². The number of carbonyl (C=O) groups is 2. The number of aryl methyl sites for hydroxylation is 1. The molecule has 2 amide bonds. The first-order valence-corrected chi connectivity index (χ1v) is 7.15. The molecule has 1 unspecified atom stereocenters. The molecule has 0 radical (unpaired) electrons. The molecule has 1 fully saturated rings. The standard InChI is InChI=1S/C14H21N3O4/c1-3-14(12(18)19)5-4-6-17(9-14)13(20)15-8-11-7-10(2)21-16-11/h7H,3-6,8-9H2,1-2H3,(H,15,20)(H,18,19). The fraction of sp³-hybridized carbons (Fsp3) is 0.643. The third-order valence-electron chi connectivity index (χ3n) is 4.09. The van der Waals surface area contributed by atoms with Crippen molar-refractivity contribution in [2.24, 2.45) is 5.41 Å². The number of amides is 2. The van der Waals surface area contributed by atoms with Gasteiger partial charge >= 0.3 is 12.0 Å². The van der Waals surface area contributed by atoms with Crippen LogP contribution in [0.15, 0.2) is 10.6 Å². The number of carboxylic acid groups (broad SMARTS) is 1. The van der Waals surface area contributed by atoms with Crippen molar-refractivity contribution in [2.75, 3.05) is 13.1 Å². The summed E-state index contributed by atoms with van der Waals surface area (Å²) in [5, 5.41) is 16.0. The lowest BCUT2D eigenvalue weighted by Gasteiger charge is -2.39. The molecule has 7 nitrogen and oxygen atoms in total. The van der Waals surface area contributed by atoms with E-state index in [1.807, 2.05) is 6.92 Å². The second kappa shape index (κ2) is 6.15. The van der Waals surface area contributed by atoms with Gasteiger partial charge in [0, 0.05) is 19.2 Å². The Hall–Kier alpha value is -2.05. The average molecular weight is 295 g/mol. The maximum atomic E-state index is 12.2. The summed E-state index contributed by atoms with van der Waals surface area (Å²) in [5.74, 6) is -0.136. The normalized spacial score (nSPS) is 22.1. The molecule has 0 aromatic carbocycles. The lowest BCUT2D eigenvalue weighted by molar-refractivity contribution is -0.152. The first-order chi connectivity index (χ1) is 9.97. The van der Waals surface area contributed by atoms with E-state index in [-0.39, 0.29) is 19.1 Å². The van der Waals surface area contributed by atoms with Crippen LogP contribution in [-0.2, 0) is 11.3 Å². The number of likely N-dealkylation sites (tertiary alicyclic amines) is 1. The van der Waals surface area contributed by atoms with E-state index in [0.717, 1.165) is 0 Å². The maximum absolute atomic E-state index is 12.2. The highest BCUT2D eigenvalue weighted by Gasteiger charge is 2.42. The van der Waals surface area contributed by atoms with Gasteiger partial charge in [-0.25, -0.2) is 4.79 Å². The van der Waals surface area contributed by atoms with Crippen LogP contribution in [0, 0.1) is 12.3 Å². The van der Waals surface area contributed by atoms with Crippen molar-refractivity contribution in [1.29, 1.82) is 0 Å². The number of carbonyl (C=O) groups excluding carboxylic acids is 1. The number of piperidine rings is 1. The van der Waals surface area contributed by atoms with Gasteiger partial charge in [0.1, 0.15) is 11.5 Å². The Balaban J connectivity index is 1.94. The second-order valence-electron chi connectivity index (χ2n) is 5.55. The monoisotopic (exact) mass is 295 g/mol. The highest BCUT2D eigenvalue weighted by molar-refractivity contribution is 5.78. The van der Waals surface area contributed by atoms with Crippen molar-refractivity contribution in [3.8, 4) is 0 Å². The molecule has 7 heteroatoms. The summed E-state index contributed by atoms with van der Waals surface area (Å²) >= 11 is 0. The predicted molar refractivity (Wildman–Crippen MR) is 74.6 cm³/mol. The van der Waals surface area contributed by atoms with Gasteiger partial charge in [-0.1, -0.05) is 12.1 Å². The Morgan fingerprint density at radius 1 is 1.57 bits per heavy atom. The summed E-state index contributed by atoms with van der Waals surface area (Å²) in [6.45, 7) is 4.75. The molecule has 2 rings (SSSR count). The van der Waals surface area contributed by atoms with Crippen molar-refractivity contribution in [3.05, 3.63) is 17.5 Å². The van der Waals surface area contributed by atoms with Crippen LogP contribution in [0.5, 0.6) is 0 Å². The summed E-state index contributed by atoms with van der Waals surface area (Å²) in [6, 6.07) is 1.50. The zero-order valence-electron chi connectivity index (χ0n) is 12.4. The Morgan fingerprint density at radius 2 is 2.33 bits per heavy atom. The van der Waals surface area contributed by atoms with Gasteiger partial charge < -0.3 is 19.8 Å². The van der Waals surface area contributed by atoms with Crippen molar-refractivity contribution >= 4 is 12.0 Å². The number of urea groups is 1. The largest absolute Gasteiger partial charge is 0.481 e. The second-order valence-corrected chi connectivity index (χ2v) is 5.55. The predicted octanol–water partition coefficient (Wildman–Crippen LogP) is 1.77. The van der Waals surface area contributed by atoms with Gasteiger partial charge in [-0.05, 0) is 26.2 Å². The fourth-order valence-electron chi connectivity index (χ4n) is 2.70. The third-order valence-corrected chi connectivity index (χ3v) is 4.09. The number of aromatic nitrogens is 1. The van der Waals surface area contributed by atoms with Gasteiger partial charge in [-0.3, -0.25) is 4.79 Å². The van der Waals surface area contributed by atoms with Crippen molar-refractivity contribution in [3.63, 3.8) is 0 Å². The molecule has 0 aliphatic carbocycles. The zero-order valence-corrected chi connectivity index (χ0v) is 12.4. The number of hydrogen-bond acceptors (Lipinski definition) is 4. The minimum Gasteiger partial charge on any atom is -0.481 e. The van der Waals surface area contributed by atoms with E-state index < -0.39 is 11.4 Å². The fourth-order valence-corrected chi connectivity index (χ4v) is 2.70. The molecule has 0 saturated carbocycles. The summed E-state index contributed by atoms with van der Waals surface area (Å²) in [5.41, 5.74) is -0.169. The van der Waals surface area contributed by atoms with Crippen LogP contribution >= 0.6 is 0 Å². The molecule has 1 aliphatic heterocycles. The van der Waals surface area contributed by atoms with Crippen LogP contribution in [0.4, 0.5) is 4.79 Å². The molecular weight excluding hydrogens is 274 g/mol. The van der Waals surface area contributed by atoms with Crippen molar-refractivity contribution in [1.82, 2.24) is 15.4 Å². The van der Waals surface area contributed by atoms with Gasteiger partial charge in [0.2, 0.25) is 0 Å². The number of hydrogen-bond donors (Lipinski definition) is 2. The Labute approximate surface area is 123 Å². The Bertz CT molecular complexity index is 528. The Kier molecular flexibility index (Phi) is 4.50.